The second kappa shape index (κ2) is 8.52. The molecule has 0 aliphatic carbocycles. The Morgan fingerprint density at radius 3 is 2.42 bits per heavy atom. The molecule has 0 radical (unpaired) electrons. The van der Waals surface area contributed by atoms with Crippen LogP contribution in [-0.2, 0) is 9.53 Å². The molecule has 0 bridgehead atoms. The number of carbonyl (C=O) groups excluding carboxylic acids is 2. The summed E-state index contributed by atoms with van der Waals surface area (Å²) in [5.41, 5.74) is 3.35. The minimum absolute atomic E-state index is 0.386. The van der Waals surface area contributed by atoms with Crippen LogP contribution in [0.1, 0.15) is 41.2 Å². The lowest BCUT2D eigenvalue weighted by molar-refractivity contribution is -0.108. The first-order chi connectivity index (χ1) is 12.7. The van der Waals surface area contributed by atoms with Gasteiger partial charge in [0.15, 0.2) is 0 Å². The van der Waals surface area contributed by atoms with Gasteiger partial charge < -0.3 is 19.7 Å². The van der Waals surface area contributed by atoms with Crippen molar-refractivity contribution in [3.8, 4) is 0 Å². The van der Waals surface area contributed by atoms with Gasteiger partial charge in [0.25, 0.3) is 0 Å². The number of benzene rings is 2. The molecule has 2 aromatic carbocycles. The van der Waals surface area contributed by atoms with Gasteiger partial charge in [0.05, 0.1) is 24.0 Å². The van der Waals surface area contributed by atoms with Crippen LogP contribution in [0.3, 0.4) is 0 Å². The second-order valence-corrected chi connectivity index (χ2v) is 6.44. The molecule has 2 aromatic rings. The molecule has 136 valence electrons. The van der Waals surface area contributed by atoms with E-state index in [4.69, 9.17) is 4.74 Å². The van der Waals surface area contributed by atoms with Crippen molar-refractivity contribution in [3.05, 3.63) is 59.7 Å². The maximum absolute atomic E-state index is 11.7. The Morgan fingerprint density at radius 2 is 1.77 bits per heavy atom. The molecule has 1 atom stereocenters. The van der Waals surface area contributed by atoms with Crippen LogP contribution in [0.15, 0.2) is 48.5 Å². The van der Waals surface area contributed by atoms with E-state index < -0.39 is 6.04 Å². The van der Waals surface area contributed by atoms with Crippen LogP contribution in [0.2, 0.25) is 0 Å². The number of carbonyl (C=O) groups is 2. The summed E-state index contributed by atoms with van der Waals surface area (Å²) in [5, 5.41) is 3.35. The van der Waals surface area contributed by atoms with E-state index in [1.54, 1.807) is 24.3 Å². The molecular formula is C21H24N2O3. The fourth-order valence-electron chi connectivity index (χ4n) is 3.31. The molecule has 1 aliphatic rings. The van der Waals surface area contributed by atoms with Gasteiger partial charge in [0, 0.05) is 13.1 Å². The summed E-state index contributed by atoms with van der Waals surface area (Å²) in [6.45, 7) is 2.08. The largest absolute Gasteiger partial charge is 0.465 e. The quantitative estimate of drug-likeness (QED) is 0.633. The minimum atomic E-state index is -0.479. The summed E-state index contributed by atoms with van der Waals surface area (Å²) < 4.78 is 4.71. The molecule has 26 heavy (non-hydrogen) atoms. The number of nitrogens with zero attached hydrogens (tertiary/aromatic N) is 1. The number of anilines is 2. The number of ether oxygens (including phenoxy) is 1. The summed E-state index contributed by atoms with van der Waals surface area (Å²) in [6.07, 6.45) is 4.55. The van der Waals surface area contributed by atoms with Gasteiger partial charge in [-0.2, -0.15) is 0 Å². The van der Waals surface area contributed by atoms with Crippen LogP contribution in [0.4, 0.5) is 11.4 Å². The molecule has 1 fully saturated rings. The highest BCUT2D eigenvalue weighted by Crippen LogP contribution is 2.30. The molecule has 0 saturated carbocycles. The highest BCUT2D eigenvalue weighted by atomic mass is 16.5. The predicted octanol–water partition coefficient (Wildman–Crippen LogP) is 3.82. The number of para-hydroxylation sites is 2. The molecule has 1 unspecified atom stereocenters. The standard InChI is InChI=1S/C21H24N2O3/c1-26-21(25)17-11-9-16(10-12-17)19(15-24)22-18-7-3-4-8-20(18)23-13-5-2-6-14-23/h3-4,7-12,15,19,22H,2,5-6,13-14H2,1H3. The zero-order valence-electron chi connectivity index (χ0n) is 15.0. The molecule has 1 aliphatic heterocycles. The average Bonchev–Trinajstić information content (AvgIpc) is 2.72. The van der Waals surface area contributed by atoms with Crippen molar-refractivity contribution in [2.75, 3.05) is 30.4 Å². The van der Waals surface area contributed by atoms with Crippen molar-refractivity contribution in [3.63, 3.8) is 0 Å². The second-order valence-electron chi connectivity index (χ2n) is 6.44. The van der Waals surface area contributed by atoms with Crippen LogP contribution in [0.5, 0.6) is 0 Å². The Morgan fingerprint density at radius 1 is 1.08 bits per heavy atom. The molecule has 0 amide bonds. The van der Waals surface area contributed by atoms with Gasteiger partial charge in [-0.3, -0.25) is 0 Å². The van der Waals surface area contributed by atoms with Gasteiger partial charge >= 0.3 is 5.97 Å². The van der Waals surface area contributed by atoms with E-state index in [9.17, 15) is 9.59 Å². The summed E-state index contributed by atoms with van der Waals surface area (Å²) in [6, 6.07) is 14.5. The van der Waals surface area contributed by atoms with E-state index in [-0.39, 0.29) is 5.97 Å². The van der Waals surface area contributed by atoms with E-state index in [2.05, 4.69) is 16.3 Å². The van der Waals surface area contributed by atoms with Gasteiger partial charge in [-0.1, -0.05) is 24.3 Å². The Labute approximate surface area is 154 Å². The van der Waals surface area contributed by atoms with Gasteiger partial charge in [0.2, 0.25) is 0 Å². The summed E-state index contributed by atoms with van der Waals surface area (Å²) in [4.78, 5) is 25.6. The molecule has 5 heteroatoms. The van der Waals surface area contributed by atoms with Crippen LogP contribution >= 0.6 is 0 Å². The van der Waals surface area contributed by atoms with E-state index >= 15 is 0 Å². The van der Waals surface area contributed by atoms with Crippen LogP contribution < -0.4 is 10.2 Å². The minimum Gasteiger partial charge on any atom is -0.465 e. The number of nitrogens with one attached hydrogen (secondary N) is 1. The number of piperidine rings is 1. The van der Waals surface area contributed by atoms with E-state index in [0.29, 0.717) is 5.56 Å². The smallest absolute Gasteiger partial charge is 0.337 e. The number of methoxy groups -OCH3 is 1. The first kappa shape index (κ1) is 18.0. The van der Waals surface area contributed by atoms with Crippen molar-refractivity contribution in [2.24, 2.45) is 0 Å². The van der Waals surface area contributed by atoms with Gasteiger partial charge in [-0.25, -0.2) is 4.79 Å². The fraction of sp³-hybridized carbons (Fsp3) is 0.333. The number of esters is 1. The van der Waals surface area contributed by atoms with Crippen LogP contribution in [0.25, 0.3) is 0 Å². The first-order valence-corrected chi connectivity index (χ1v) is 8.97. The van der Waals surface area contributed by atoms with Crippen molar-refractivity contribution in [2.45, 2.75) is 25.3 Å². The van der Waals surface area contributed by atoms with Crippen molar-refractivity contribution in [1.29, 1.82) is 0 Å². The zero-order chi connectivity index (χ0) is 18.4. The lowest BCUT2D eigenvalue weighted by atomic mass is 10.0. The Hall–Kier alpha value is -2.82. The SMILES string of the molecule is COC(=O)c1ccc(C(C=O)Nc2ccccc2N2CCCCC2)cc1. The third kappa shape index (κ3) is 4.04. The maximum Gasteiger partial charge on any atom is 0.337 e. The fourth-order valence-corrected chi connectivity index (χ4v) is 3.31. The monoisotopic (exact) mass is 352 g/mol. The maximum atomic E-state index is 11.7. The van der Waals surface area contributed by atoms with Crippen LogP contribution in [-0.4, -0.2) is 32.5 Å². The van der Waals surface area contributed by atoms with E-state index in [1.165, 1.54) is 26.4 Å². The highest BCUT2D eigenvalue weighted by molar-refractivity contribution is 5.89. The lowest BCUT2D eigenvalue weighted by Crippen LogP contribution is -2.30. The predicted molar refractivity (Wildman–Crippen MR) is 103 cm³/mol. The van der Waals surface area contributed by atoms with Crippen LogP contribution in [0, 0.1) is 0 Å². The molecule has 0 aromatic heterocycles. The lowest BCUT2D eigenvalue weighted by Gasteiger charge is -2.31. The average molecular weight is 352 g/mol. The molecule has 5 nitrogen and oxygen atoms in total. The molecular weight excluding hydrogens is 328 g/mol. The Balaban J connectivity index is 1.80. The first-order valence-electron chi connectivity index (χ1n) is 8.97. The van der Waals surface area contributed by atoms with E-state index in [1.807, 2.05) is 18.2 Å². The highest BCUT2D eigenvalue weighted by Gasteiger charge is 2.17. The number of aldehydes is 1. The van der Waals surface area contributed by atoms with Gasteiger partial charge in [-0.05, 0) is 49.1 Å². The Kier molecular flexibility index (Phi) is 5.89. The number of rotatable bonds is 6. The van der Waals surface area contributed by atoms with Crippen molar-refractivity contribution < 1.29 is 14.3 Å². The molecule has 3 rings (SSSR count). The third-order valence-corrected chi connectivity index (χ3v) is 4.74. The summed E-state index contributed by atoms with van der Waals surface area (Å²) in [7, 11) is 1.35. The van der Waals surface area contributed by atoms with Gasteiger partial charge in [-0.15, -0.1) is 0 Å². The summed E-state index contributed by atoms with van der Waals surface area (Å²) >= 11 is 0. The summed E-state index contributed by atoms with van der Waals surface area (Å²) in [5.74, 6) is -0.386. The van der Waals surface area contributed by atoms with Crippen molar-refractivity contribution >= 4 is 23.6 Å². The van der Waals surface area contributed by atoms with Crippen molar-refractivity contribution in [1.82, 2.24) is 0 Å². The van der Waals surface area contributed by atoms with E-state index in [0.717, 1.165) is 36.3 Å². The molecule has 1 N–H and O–H groups in total. The number of hydrogen-bond acceptors (Lipinski definition) is 5. The molecule has 1 heterocycles. The third-order valence-electron chi connectivity index (χ3n) is 4.74. The zero-order valence-corrected chi connectivity index (χ0v) is 15.0. The molecule has 1 saturated heterocycles. The number of hydrogen-bond donors (Lipinski definition) is 1. The normalized spacial score (nSPS) is 15.2. The van der Waals surface area contributed by atoms with Gasteiger partial charge in [0.1, 0.15) is 12.3 Å². The topological polar surface area (TPSA) is 58.6 Å². The molecule has 0 spiro atoms. The Bertz CT molecular complexity index is 752.